The van der Waals surface area contributed by atoms with E-state index in [-0.39, 0.29) is 5.54 Å². The number of nitrogens with zero attached hydrogens (tertiary/aromatic N) is 1. The van der Waals surface area contributed by atoms with Crippen molar-refractivity contribution in [3.63, 3.8) is 0 Å². The minimum atomic E-state index is -0.195. The maximum absolute atomic E-state index is 6.64. The van der Waals surface area contributed by atoms with Gasteiger partial charge in [-0.1, -0.05) is 18.2 Å². The van der Waals surface area contributed by atoms with E-state index in [0.717, 1.165) is 32.2 Å². The largest absolute Gasteiger partial charge is 0.361 e. The summed E-state index contributed by atoms with van der Waals surface area (Å²) in [6, 6.07) is 6.67. The van der Waals surface area contributed by atoms with Gasteiger partial charge in [0.1, 0.15) is 0 Å². The quantitative estimate of drug-likeness (QED) is 0.847. The van der Waals surface area contributed by atoms with Gasteiger partial charge in [0.05, 0.1) is 0 Å². The van der Waals surface area contributed by atoms with E-state index in [2.05, 4.69) is 60.5 Å². The van der Waals surface area contributed by atoms with Crippen molar-refractivity contribution >= 4 is 10.9 Å². The highest BCUT2D eigenvalue weighted by molar-refractivity contribution is 5.84. The Balaban J connectivity index is 1.94. The van der Waals surface area contributed by atoms with Gasteiger partial charge in [0.2, 0.25) is 0 Å². The van der Waals surface area contributed by atoms with E-state index in [4.69, 9.17) is 5.73 Å². The maximum atomic E-state index is 6.64. The Labute approximate surface area is 126 Å². The molecule has 1 heterocycles. The number of nitrogens with two attached hydrogens (primary N) is 1. The zero-order chi connectivity index (χ0) is 14.9. The summed E-state index contributed by atoms with van der Waals surface area (Å²) in [5.74, 6) is 0. The fraction of sp³-hybridized carbons (Fsp3) is 0.444. The van der Waals surface area contributed by atoms with Crippen molar-refractivity contribution in [3.05, 3.63) is 47.7 Å². The Morgan fingerprint density at radius 3 is 2.86 bits per heavy atom. The third-order valence-electron chi connectivity index (χ3n) is 4.58. The fourth-order valence-corrected chi connectivity index (χ4v) is 3.16. The molecule has 0 amide bonds. The Hall–Kier alpha value is -1.58. The van der Waals surface area contributed by atoms with Crippen molar-refractivity contribution < 1.29 is 0 Å². The van der Waals surface area contributed by atoms with Gasteiger partial charge in [0.25, 0.3) is 0 Å². The molecule has 21 heavy (non-hydrogen) atoms. The second kappa shape index (κ2) is 5.66. The van der Waals surface area contributed by atoms with E-state index < -0.39 is 0 Å². The van der Waals surface area contributed by atoms with Crippen molar-refractivity contribution in [2.45, 2.75) is 31.2 Å². The van der Waals surface area contributed by atoms with Crippen LogP contribution in [0.5, 0.6) is 0 Å². The van der Waals surface area contributed by atoms with Gasteiger partial charge in [0, 0.05) is 29.2 Å². The van der Waals surface area contributed by atoms with Gasteiger partial charge in [-0.25, -0.2) is 0 Å². The van der Waals surface area contributed by atoms with E-state index in [0.29, 0.717) is 0 Å². The summed E-state index contributed by atoms with van der Waals surface area (Å²) >= 11 is 0. The molecule has 1 atom stereocenters. The number of likely N-dealkylation sites (N-methyl/N-ethyl adjacent to an activating group) is 1. The van der Waals surface area contributed by atoms with Crippen LogP contribution in [0.1, 0.15) is 30.4 Å². The summed E-state index contributed by atoms with van der Waals surface area (Å²) in [7, 11) is 4.23. The second-order valence-electron chi connectivity index (χ2n) is 6.50. The first kappa shape index (κ1) is 14.4. The first-order valence-corrected chi connectivity index (χ1v) is 7.78. The number of rotatable bonds is 4. The molecular weight excluding hydrogens is 258 g/mol. The smallest absolute Gasteiger partial charge is 0.0457 e. The summed E-state index contributed by atoms with van der Waals surface area (Å²) in [6.07, 6.45) is 10.7. The number of hydrogen-bond acceptors (Lipinski definition) is 2. The molecule has 3 N–H and O–H groups in total. The monoisotopic (exact) mass is 283 g/mol. The third-order valence-corrected chi connectivity index (χ3v) is 4.58. The van der Waals surface area contributed by atoms with Gasteiger partial charge < -0.3 is 15.6 Å². The van der Waals surface area contributed by atoms with Gasteiger partial charge in [-0.3, -0.25) is 0 Å². The molecule has 1 aromatic heterocycles. The van der Waals surface area contributed by atoms with Crippen LogP contribution in [0.2, 0.25) is 0 Å². The molecule has 0 saturated heterocycles. The lowest BCUT2D eigenvalue weighted by molar-refractivity contribution is 0.403. The Bertz CT molecular complexity index is 654. The van der Waals surface area contributed by atoms with E-state index in [1.54, 1.807) is 0 Å². The summed E-state index contributed by atoms with van der Waals surface area (Å²) in [4.78, 5) is 5.60. The molecule has 112 valence electrons. The molecule has 3 rings (SSSR count). The van der Waals surface area contributed by atoms with E-state index >= 15 is 0 Å². The number of aromatic amines is 1. The second-order valence-corrected chi connectivity index (χ2v) is 6.50. The number of aromatic nitrogens is 1. The number of hydrogen-bond donors (Lipinski definition) is 2. The number of H-pyrrole nitrogens is 1. The highest BCUT2D eigenvalue weighted by Crippen LogP contribution is 2.33. The van der Waals surface area contributed by atoms with Crippen LogP contribution in [0.3, 0.4) is 0 Å². The number of nitrogens with one attached hydrogen (secondary N) is 1. The number of benzene rings is 1. The van der Waals surface area contributed by atoms with Gasteiger partial charge in [0.15, 0.2) is 0 Å². The highest BCUT2D eigenvalue weighted by Gasteiger charge is 2.27. The van der Waals surface area contributed by atoms with Crippen LogP contribution in [0.4, 0.5) is 0 Å². The summed E-state index contributed by atoms with van der Waals surface area (Å²) < 4.78 is 0. The summed E-state index contributed by atoms with van der Waals surface area (Å²) in [5, 5.41) is 1.33. The van der Waals surface area contributed by atoms with Crippen LogP contribution in [-0.2, 0) is 12.0 Å². The van der Waals surface area contributed by atoms with Crippen LogP contribution in [0.25, 0.3) is 10.9 Å². The number of fused-ring (bicyclic) bond motifs is 1. The van der Waals surface area contributed by atoms with Crippen LogP contribution >= 0.6 is 0 Å². The van der Waals surface area contributed by atoms with Crippen molar-refractivity contribution in [2.75, 3.05) is 20.6 Å². The molecule has 3 nitrogen and oxygen atoms in total. The van der Waals surface area contributed by atoms with Gasteiger partial charge in [-0.2, -0.15) is 0 Å². The van der Waals surface area contributed by atoms with Gasteiger partial charge in [-0.15, -0.1) is 0 Å². The molecular formula is C18H25N3. The molecule has 0 spiro atoms. The molecule has 2 aromatic rings. The highest BCUT2D eigenvalue weighted by atomic mass is 15.0. The predicted molar refractivity (Wildman–Crippen MR) is 89.4 cm³/mol. The molecule has 3 heteroatoms. The lowest BCUT2D eigenvalue weighted by atomic mass is 9.80. The third kappa shape index (κ3) is 2.89. The normalized spacial score (nSPS) is 22.3. The molecule has 0 aliphatic heterocycles. The topological polar surface area (TPSA) is 45.0 Å². The van der Waals surface area contributed by atoms with Crippen LogP contribution in [-0.4, -0.2) is 30.5 Å². The maximum Gasteiger partial charge on any atom is 0.0457 e. The fourth-order valence-electron chi connectivity index (χ4n) is 3.16. The van der Waals surface area contributed by atoms with Crippen LogP contribution in [0, 0.1) is 0 Å². The van der Waals surface area contributed by atoms with E-state index in [9.17, 15) is 0 Å². The van der Waals surface area contributed by atoms with Gasteiger partial charge in [-0.05, 0) is 63.0 Å². The molecule has 0 fully saturated rings. The van der Waals surface area contributed by atoms with Gasteiger partial charge >= 0.3 is 0 Å². The van der Waals surface area contributed by atoms with E-state index in [1.807, 2.05) is 0 Å². The first-order chi connectivity index (χ1) is 10.1. The molecule has 0 radical (unpaired) electrons. The lowest BCUT2D eigenvalue weighted by Crippen LogP contribution is -2.37. The summed E-state index contributed by atoms with van der Waals surface area (Å²) in [6.45, 7) is 1.06. The standard InChI is InChI=1S/C18H25N3/c1-21(2)11-8-14-13-20-17-7-6-15(12-16(14)17)18(19)9-4-3-5-10-18/h3-4,6-7,12-13,20H,5,8-11,19H2,1-2H3. The summed E-state index contributed by atoms with van der Waals surface area (Å²) in [5.41, 5.74) is 10.3. The molecule has 0 bridgehead atoms. The molecule has 1 unspecified atom stereocenters. The predicted octanol–water partition coefficient (Wildman–Crippen LogP) is 3.17. The average Bonchev–Trinajstić information content (AvgIpc) is 2.88. The zero-order valence-electron chi connectivity index (χ0n) is 13.0. The molecule has 0 saturated carbocycles. The van der Waals surface area contributed by atoms with Crippen LogP contribution in [0.15, 0.2) is 36.5 Å². The molecule has 1 aliphatic rings. The SMILES string of the molecule is CN(C)CCc1c[nH]c2ccc(C3(N)CC=CCC3)cc12. The van der Waals surface area contributed by atoms with Crippen molar-refractivity contribution in [1.29, 1.82) is 0 Å². The Morgan fingerprint density at radius 2 is 2.14 bits per heavy atom. The molecule has 1 aromatic carbocycles. The minimum absolute atomic E-state index is 0.195. The zero-order valence-corrected chi connectivity index (χ0v) is 13.0. The average molecular weight is 283 g/mol. The minimum Gasteiger partial charge on any atom is -0.361 e. The van der Waals surface area contributed by atoms with Crippen LogP contribution < -0.4 is 5.73 Å². The van der Waals surface area contributed by atoms with Crippen molar-refractivity contribution in [3.8, 4) is 0 Å². The van der Waals surface area contributed by atoms with Crippen molar-refractivity contribution in [1.82, 2.24) is 9.88 Å². The van der Waals surface area contributed by atoms with E-state index in [1.165, 1.54) is 22.0 Å². The lowest BCUT2D eigenvalue weighted by Gasteiger charge is -2.31. The first-order valence-electron chi connectivity index (χ1n) is 7.78. The Morgan fingerprint density at radius 1 is 1.29 bits per heavy atom. The number of allylic oxidation sites excluding steroid dienone is 1. The molecule has 1 aliphatic carbocycles. The Kier molecular flexibility index (Phi) is 3.87. The van der Waals surface area contributed by atoms with Crippen molar-refractivity contribution in [2.24, 2.45) is 5.73 Å².